The van der Waals surface area contributed by atoms with Gasteiger partial charge >= 0.3 is 5.97 Å². The van der Waals surface area contributed by atoms with Gasteiger partial charge in [-0.15, -0.1) is 0 Å². The fourth-order valence-electron chi connectivity index (χ4n) is 3.16. The monoisotopic (exact) mass is 380 g/mol. The summed E-state index contributed by atoms with van der Waals surface area (Å²) in [7, 11) is 0. The first kappa shape index (κ1) is 18.1. The number of halogens is 1. The van der Waals surface area contributed by atoms with E-state index in [2.05, 4.69) is 4.99 Å². The van der Waals surface area contributed by atoms with E-state index in [1.54, 1.807) is 17.6 Å². The second kappa shape index (κ2) is 8.15. The molecule has 2 aromatic rings. The van der Waals surface area contributed by atoms with Crippen LogP contribution in [0.1, 0.15) is 39.0 Å². The lowest BCUT2D eigenvalue weighted by molar-refractivity contribution is -0.143. The van der Waals surface area contributed by atoms with Crippen molar-refractivity contribution in [2.24, 2.45) is 10.9 Å². The number of carbonyl (C=O) groups is 2. The van der Waals surface area contributed by atoms with Crippen molar-refractivity contribution in [1.29, 1.82) is 0 Å². The molecule has 1 saturated carbocycles. The Kier molecular flexibility index (Phi) is 5.91. The largest absolute Gasteiger partial charge is 0.465 e. The van der Waals surface area contributed by atoms with E-state index >= 15 is 0 Å². The molecule has 3 rings (SSSR count). The summed E-state index contributed by atoms with van der Waals surface area (Å²) in [6.45, 7) is 2.12. The van der Waals surface area contributed by atoms with Crippen LogP contribution in [0.2, 0.25) is 5.02 Å². The topological polar surface area (TPSA) is 60.7 Å². The molecule has 0 spiro atoms. The molecule has 0 atom stereocenters. The maximum absolute atomic E-state index is 12.6. The Morgan fingerprint density at radius 3 is 2.80 bits per heavy atom. The second-order valence-electron chi connectivity index (χ2n) is 6.17. The predicted octanol–water partition coefficient (Wildman–Crippen LogP) is 3.93. The number of benzene rings is 1. The zero-order valence-corrected chi connectivity index (χ0v) is 15.7. The van der Waals surface area contributed by atoms with Crippen LogP contribution in [0.5, 0.6) is 0 Å². The Hall–Kier alpha value is -1.66. The van der Waals surface area contributed by atoms with Crippen LogP contribution in [0.3, 0.4) is 0 Å². The average molecular weight is 381 g/mol. The molecule has 5 nitrogen and oxygen atoms in total. The third-order valence-corrected chi connectivity index (χ3v) is 5.67. The van der Waals surface area contributed by atoms with Gasteiger partial charge in [0.15, 0.2) is 4.80 Å². The fourth-order valence-corrected chi connectivity index (χ4v) is 4.47. The maximum Gasteiger partial charge on any atom is 0.326 e. The van der Waals surface area contributed by atoms with E-state index in [0.29, 0.717) is 16.4 Å². The summed E-state index contributed by atoms with van der Waals surface area (Å²) in [4.78, 5) is 29.4. The third kappa shape index (κ3) is 4.30. The van der Waals surface area contributed by atoms with Gasteiger partial charge in [-0.25, -0.2) is 0 Å². The van der Waals surface area contributed by atoms with E-state index in [4.69, 9.17) is 16.3 Å². The minimum atomic E-state index is -0.344. The Labute approximate surface area is 155 Å². The quantitative estimate of drug-likeness (QED) is 0.755. The maximum atomic E-state index is 12.6. The number of esters is 1. The molecule has 0 bridgehead atoms. The summed E-state index contributed by atoms with van der Waals surface area (Å²) >= 11 is 7.45. The number of rotatable bonds is 4. The number of hydrogen-bond donors (Lipinski definition) is 0. The van der Waals surface area contributed by atoms with Gasteiger partial charge in [-0.1, -0.05) is 42.2 Å². The molecule has 0 N–H and O–H groups in total. The standard InChI is InChI=1S/C18H21ClN2O3S/c1-2-24-16(22)11-21-14-9-8-13(19)10-15(14)25-18(21)20-17(23)12-6-4-3-5-7-12/h8-10,12H,2-7,11H2,1H3. The van der Waals surface area contributed by atoms with Gasteiger partial charge < -0.3 is 9.30 Å². The molecule has 25 heavy (non-hydrogen) atoms. The van der Waals surface area contributed by atoms with E-state index in [-0.39, 0.29) is 24.3 Å². The fraction of sp³-hybridized carbons (Fsp3) is 0.500. The van der Waals surface area contributed by atoms with Crippen LogP contribution in [0.4, 0.5) is 0 Å². The van der Waals surface area contributed by atoms with Crippen molar-refractivity contribution in [3.8, 4) is 0 Å². The number of ether oxygens (including phenoxy) is 1. The summed E-state index contributed by atoms with van der Waals surface area (Å²) in [6.07, 6.45) is 5.15. The van der Waals surface area contributed by atoms with Crippen LogP contribution in [-0.4, -0.2) is 23.1 Å². The van der Waals surface area contributed by atoms with Gasteiger partial charge in [0, 0.05) is 10.9 Å². The molecule has 134 valence electrons. The second-order valence-corrected chi connectivity index (χ2v) is 7.62. The first-order valence-corrected chi connectivity index (χ1v) is 9.81. The van der Waals surface area contributed by atoms with Crippen LogP contribution in [0.15, 0.2) is 23.2 Å². The Bertz CT molecular complexity index is 850. The van der Waals surface area contributed by atoms with Crippen molar-refractivity contribution in [2.45, 2.75) is 45.6 Å². The van der Waals surface area contributed by atoms with Crippen molar-refractivity contribution in [3.63, 3.8) is 0 Å². The summed E-state index contributed by atoms with van der Waals surface area (Å²) in [5, 5.41) is 0.613. The smallest absolute Gasteiger partial charge is 0.326 e. The van der Waals surface area contributed by atoms with Crippen molar-refractivity contribution >= 4 is 45.0 Å². The molecule has 0 aliphatic heterocycles. The number of hydrogen-bond acceptors (Lipinski definition) is 4. The van der Waals surface area contributed by atoms with Crippen LogP contribution in [0.25, 0.3) is 10.2 Å². The Morgan fingerprint density at radius 1 is 1.32 bits per heavy atom. The van der Waals surface area contributed by atoms with Gasteiger partial charge in [0.1, 0.15) is 6.54 Å². The number of fused-ring (bicyclic) bond motifs is 1. The van der Waals surface area contributed by atoms with Crippen molar-refractivity contribution in [1.82, 2.24) is 4.57 Å². The number of thiazole rings is 1. The molecular formula is C18H21ClN2O3S. The molecular weight excluding hydrogens is 360 g/mol. The highest BCUT2D eigenvalue weighted by atomic mass is 35.5. The molecule has 0 radical (unpaired) electrons. The Balaban J connectivity index is 2.01. The van der Waals surface area contributed by atoms with E-state index in [1.165, 1.54) is 17.8 Å². The number of carbonyl (C=O) groups excluding carboxylic acids is 2. The van der Waals surface area contributed by atoms with Gasteiger partial charge in [0.25, 0.3) is 5.91 Å². The van der Waals surface area contributed by atoms with Crippen molar-refractivity contribution < 1.29 is 14.3 Å². The summed E-state index contributed by atoms with van der Waals surface area (Å²) in [6, 6.07) is 5.44. The molecule has 1 aliphatic carbocycles. The van der Waals surface area contributed by atoms with Gasteiger partial charge in [0.05, 0.1) is 16.8 Å². The van der Waals surface area contributed by atoms with Gasteiger partial charge in [-0.05, 0) is 38.0 Å². The van der Waals surface area contributed by atoms with Gasteiger partial charge in [-0.2, -0.15) is 4.99 Å². The number of amides is 1. The molecule has 1 heterocycles. The van der Waals surface area contributed by atoms with E-state index < -0.39 is 0 Å². The third-order valence-electron chi connectivity index (χ3n) is 4.40. The highest BCUT2D eigenvalue weighted by Gasteiger charge is 2.21. The molecule has 7 heteroatoms. The van der Waals surface area contributed by atoms with Crippen LogP contribution in [0, 0.1) is 5.92 Å². The number of aromatic nitrogens is 1. The number of nitrogens with zero attached hydrogens (tertiary/aromatic N) is 2. The molecule has 0 unspecified atom stereocenters. The first-order valence-electron chi connectivity index (χ1n) is 8.61. The summed E-state index contributed by atoms with van der Waals surface area (Å²) < 4.78 is 7.70. The normalized spacial score (nSPS) is 16.3. The highest BCUT2D eigenvalue weighted by Crippen LogP contribution is 2.25. The van der Waals surface area contributed by atoms with Crippen LogP contribution < -0.4 is 4.80 Å². The molecule has 1 amide bonds. The lowest BCUT2D eigenvalue weighted by atomic mass is 9.89. The minimum absolute atomic E-state index is 0.00130. The molecule has 0 saturated heterocycles. The Morgan fingerprint density at radius 2 is 2.08 bits per heavy atom. The predicted molar refractivity (Wildman–Crippen MR) is 98.6 cm³/mol. The SMILES string of the molecule is CCOC(=O)Cn1c(=NC(=O)C2CCCCC2)sc2cc(Cl)ccc21. The first-order chi connectivity index (χ1) is 12.1. The van der Waals surface area contributed by atoms with Gasteiger partial charge in [-0.3, -0.25) is 9.59 Å². The molecule has 1 aliphatic rings. The van der Waals surface area contributed by atoms with Crippen LogP contribution >= 0.6 is 22.9 Å². The zero-order valence-electron chi connectivity index (χ0n) is 14.2. The summed E-state index contributed by atoms with van der Waals surface area (Å²) in [5.74, 6) is -0.433. The van der Waals surface area contributed by atoms with E-state index in [9.17, 15) is 9.59 Å². The summed E-state index contributed by atoms with van der Waals surface area (Å²) in [5.41, 5.74) is 0.831. The van der Waals surface area contributed by atoms with E-state index in [1.807, 2.05) is 12.1 Å². The zero-order chi connectivity index (χ0) is 17.8. The highest BCUT2D eigenvalue weighted by molar-refractivity contribution is 7.16. The molecule has 1 aromatic heterocycles. The van der Waals surface area contributed by atoms with E-state index in [0.717, 1.165) is 35.9 Å². The minimum Gasteiger partial charge on any atom is -0.465 e. The van der Waals surface area contributed by atoms with Crippen molar-refractivity contribution in [2.75, 3.05) is 6.61 Å². The van der Waals surface area contributed by atoms with Gasteiger partial charge in [0.2, 0.25) is 0 Å². The average Bonchev–Trinajstić information content (AvgIpc) is 2.92. The van der Waals surface area contributed by atoms with Crippen LogP contribution in [-0.2, 0) is 20.9 Å². The molecule has 1 aromatic carbocycles. The van der Waals surface area contributed by atoms with Crippen molar-refractivity contribution in [3.05, 3.63) is 28.0 Å². The lowest BCUT2D eigenvalue weighted by Crippen LogP contribution is -2.25. The molecule has 1 fully saturated rings. The lowest BCUT2D eigenvalue weighted by Gasteiger charge is -2.17.